The Hall–Kier alpha value is -0.780. The van der Waals surface area contributed by atoms with Gasteiger partial charge >= 0.3 is 0 Å². The summed E-state index contributed by atoms with van der Waals surface area (Å²) >= 11 is 0. The molecule has 0 heterocycles. The standard InChI is InChI=1S/C7H10/c1-3-5-7-6-4-2/h3-7H,1H2,2H3/b6-4-,7-5-. The van der Waals surface area contributed by atoms with Gasteiger partial charge in [0.25, 0.3) is 0 Å². The van der Waals surface area contributed by atoms with Crippen molar-refractivity contribution < 1.29 is 0 Å². The molecule has 0 saturated heterocycles. The molecule has 0 atom stereocenters. The Morgan fingerprint density at radius 2 is 1.86 bits per heavy atom. The first-order valence-corrected chi connectivity index (χ1v) is 2.32. The summed E-state index contributed by atoms with van der Waals surface area (Å²) in [6.07, 6.45) is 9.51. The van der Waals surface area contributed by atoms with E-state index in [1.807, 2.05) is 31.2 Å². The lowest BCUT2D eigenvalue weighted by atomic mass is 10.4. The van der Waals surface area contributed by atoms with Gasteiger partial charge in [0.1, 0.15) is 0 Å². The van der Waals surface area contributed by atoms with E-state index in [4.69, 9.17) is 0 Å². The lowest BCUT2D eigenvalue weighted by molar-refractivity contribution is 1.73. The summed E-state index contributed by atoms with van der Waals surface area (Å²) in [5.74, 6) is 0. The highest BCUT2D eigenvalue weighted by Crippen LogP contribution is 1.74. The normalized spacial score (nSPS) is 11.0. The molecular formula is C7H10. The molecule has 0 spiro atoms. The maximum Gasteiger partial charge on any atom is -0.0467 e. The van der Waals surface area contributed by atoms with Crippen LogP contribution in [0.25, 0.3) is 0 Å². The van der Waals surface area contributed by atoms with Gasteiger partial charge in [-0.05, 0) is 6.92 Å². The van der Waals surface area contributed by atoms with Crippen LogP contribution in [0.3, 0.4) is 0 Å². The Morgan fingerprint density at radius 1 is 1.14 bits per heavy atom. The van der Waals surface area contributed by atoms with E-state index < -0.39 is 0 Å². The SMILES string of the molecule is C=C/C=C\C=C/C. The third-order valence-corrected chi connectivity index (χ3v) is 0.551. The minimum absolute atomic E-state index is 1.75. The third kappa shape index (κ3) is 5.22. The second-order valence-electron chi connectivity index (χ2n) is 1.15. The predicted octanol–water partition coefficient (Wildman–Crippen LogP) is 2.30. The topological polar surface area (TPSA) is 0 Å². The predicted molar refractivity (Wildman–Crippen MR) is 34.2 cm³/mol. The molecule has 0 aliphatic carbocycles. The molecule has 38 valence electrons. The van der Waals surface area contributed by atoms with E-state index in [2.05, 4.69) is 6.58 Å². The fourth-order valence-electron chi connectivity index (χ4n) is 0.254. The first kappa shape index (κ1) is 6.22. The molecule has 0 N–H and O–H groups in total. The maximum absolute atomic E-state index is 3.51. The molecule has 0 radical (unpaired) electrons. The van der Waals surface area contributed by atoms with E-state index in [-0.39, 0.29) is 0 Å². The first-order chi connectivity index (χ1) is 3.41. The van der Waals surface area contributed by atoms with Crippen LogP contribution < -0.4 is 0 Å². The van der Waals surface area contributed by atoms with Crippen LogP contribution in [0.15, 0.2) is 37.0 Å². The highest BCUT2D eigenvalue weighted by Gasteiger charge is 1.52. The second kappa shape index (κ2) is 5.22. The molecule has 0 heteroatoms. The zero-order valence-electron chi connectivity index (χ0n) is 4.59. The van der Waals surface area contributed by atoms with Gasteiger partial charge in [0.15, 0.2) is 0 Å². The first-order valence-electron chi connectivity index (χ1n) is 2.32. The van der Waals surface area contributed by atoms with E-state index in [9.17, 15) is 0 Å². The van der Waals surface area contributed by atoms with Crippen molar-refractivity contribution in [3.05, 3.63) is 37.0 Å². The highest BCUT2D eigenvalue weighted by molar-refractivity contribution is 5.07. The average molecular weight is 94.2 g/mol. The minimum Gasteiger partial charge on any atom is -0.0991 e. The van der Waals surface area contributed by atoms with E-state index in [1.165, 1.54) is 0 Å². The van der Waals surface area contributed by atoms with Gasteiger partial charge in [-0.25, -0.2) is 0 Å². The van der Waals surface area contributed by atoms with Crippen molar-refractivity contribution in [2.24, 2.45) is 0 Å². The summed E-state index contributed by atoms with van der Waals surface area (Å²) in [5.41, 5.74) is 0. The third-order valence-electron chi connectivity index (χ3n) is 0.551. The Morgan fingerprint density at radius 3 is 2.29 bits per heavy atom. The smallest absolute Gasteiger partial charge is 0.0467 e. The monoisotopic (exact) mass is 94.1 g/mol. The Bertz CT molecular complexity index is 86.2. The lowest BCUT2D eigenvalue weighted by Gasteiger charge is -1.65. The van der Waals surface area contributed by atoms with Gasteiger partial charge in [-0.2, -0.15) is 0 Å². The fraction of sp³-hybridized carbons (Fsp3) is 0.143. The Balaban J connectivity index is 3.27. The molecule has 0 rings (SSSR count). The molecule has 0 aliphatic rings. The molecule has 0 bridgehead atoms. The van der Waals surface area contributed by atoms with E-state index >= 15 is 0 Å². The van der Waals surface area contributed by atoms with Crippen LogP contribution in [0.5, 0.6) is 0 Å². The summed E-state index contributed by atoms with van der Waals surface area (Å²) in [7, 11) is 0. The largest absolute Gasteiger partial charge is 0.0991 e. The van der Waals surface area contributed by atoms with Crippen LogP contribution in [0.2, 0.25) is 0 Å². The number of allylic oxidation sites excluding steroid dienone is 5. The van der Waals surface area contributed by atoms with Crippen molar-refractivity contribution in [3.63, 3.8) is 0 Å². The summed E-state index contributed by atoms with van der Waals surface area (Å²) in [6, 6.07) is 0. The molecule has 0 fully saturated rings. The summed E-state index contributed by atoms with van der Waals surface area (Å²) in [4.78, 5) is 0. The van der Waals surface area contributed by atoms with Crippen LogP contribution >= 0.6 is 0 Å². The molecule has 0 unspecified atom stereocenters. The number of hydrogen-bond acceptors (Lipinski definition) is 0. The van der Waals surface area contributed by atoms with E-state index in [0.29, 0.717) is 0 Å². The van der Waals surface area contributed by atoms with Crippen molar-refractivity contribution in [2.45, 2.75) is 6.92 Å². The molecule has 0 aliphatic heterocycles. The van der Waals surface area contributed by atoms with Crippen LogP contribution in [-0.2, 0) is 0 Å². The molecule has 0 aromatic heterocycles. The zero-order chi connectivity index (χ0) is 5.54. The molecule has 0 nitrogen and oxygen atoms in total. The average Bonchev–Trinajstić information content (AvgIpc) is 1.69. The van der Waals surface area contributed by atoms with Gasteiger partial charge in [-0.1, -0.05) is 37.0 Å². The molecule has 0 saturated carbocycles. The van der Waals surface area contributed by atoms with Gasteiger partial charge in [-0.3, -0.25) is 0 Å². The van der Waals surface area contributed by atoms with E-state index in [0.717, 1.165) is 0 Å². The zero-order valence-corrected chi connectivity index (χ0v) is 4.59. The van der Waals surface area contributed by atoms with Crippen molar-refractivity contribution in [1.82, 2.24) is 0 Å². The highest BCUT2D eigenvalue weighted by atomic mass is 13.6. The van der Waals surface area contributed by atoms with Gasteiger partial charge in [-0.15, -0.1) is 0 Å². The van der Waals surface area contributed by atoms with Crippen molar-refractivity contribution in [1.29, 1.82) is 0 Å². The molecule has 7 heavy (non-hydrogen) atoms. The summed E-state index contributed by atoms with van der Waals surface area (Å²) < 4.78 is 0. The van der Waals surface area contributed by atoms with Crippen molar-refractivity contribution >= 4 is 0 Å². The molecule has 0 aromatic rings. The second-order valence-corrected chi connectivity index (χ2v) is 1.15. The summed E-state index contributed by atoms with van der Waals surface area (Å²) in [6.45, 7) is 5.49. The Labute approximate surface area is 44.9 Å². The van der Waals surface area contributed by atoms with Gasteiger partial charge < -0.3 is 0 Å². The van der Waals surface area contributed by atoms with Crippen LogP contribution in [0, 0.1) is 0 Å². The molecule has 0 aromatic carbocycles. The van der Waals surface area contributed by atoms with Crippen LogP contribution in [-0.4, -0.2) is 0 Å². The van der Waals surface area contributed by atoms with Crippen molar-refractivity contribution in [2.75, 3.05) is 0 Å². The minimum atomic E-state index is 1.75. The van der Waals surface area contributed by atoms with Crippen molar-refractivity contribution in [3.8, 4) is 0 Å². The maximum atomic E-state index is 3.51. The quantitative estimate of drug-likeness (QED) is 0.460. The molecular weight excluding hydrogens is 84.1 g/mol. The number of rotatable bonds is 2. The van der Waals surface area contributed by atoms with Gasteiger partial charge in [0.05, 0.1) is 0 Å². The fourth-order valence-corrected chi connectivity index (χ4v) is 0.254. The lowest BCUT2D eigenvalue weighted by Crippen LogP contribution is -1.43. The van der Waals surface area contributed by atoms with Gasteiger partial charge in [0, 0.05) is 0 Å². The van der Waals surface area contributed by atoms with E-state index in [1.54, 1.807) is 6.08 Å². The number of hydrogen-bond donors (Lipinski definition) is 0. The van der Waals surface area contributed by atoms with Crippen LogP contribution in [0.1, 0.15) is 6.92 Å². The van der Waals surface area contributed by atoms with Gasteiger partial charge in [0.2, 0.25) is 0 Å². The summed E-state index contributed by atoms with van der Waals surface area (Å²) in [5, 5.41) is 0. The Kier molecular flexibility index (Phi) is 4.64. The van der Waals surface area contributed by atoms with Crippen LogP contribution in [0.4, 0.5) is 0 Å². The molecule has 0 amide bonds.